The Hall–Kier alpha value is -3.48. The van der Waals surface area contributed by atoms with Crippen molar-refractivity contribution in [2.45, 2.75) is 6.54 Å². The summed E-state index contributed by atoms with van der Waals surface area (Å²) >= 11 is 0. The number of esters is 1. The van der Waals surface area contributed by atoms with Gasteiger partial charge in [-0.2, -0.15) is 0 Å². The number of rotatable bonds is 4. The van der Waals surface area contributed by atoms with Crippen LogP contribution in [0.3, 0.4) is 0 Å². The highest BCUT2D eigenvalue weighted by molar-refractivity contribution is 6.13. The van der Waals surface area contributed by atoms with Crippen molar-refractivity contribution in [3.8, 4) is 0 Å². The van der Waals surface area contributed by atoms with E-state index >= 15 is 0 Å². The number of halogens is 1. The third-order valence-corrected chi connectivity index (χ3v) is 3.89. The first kappa shape index (κ1) is 17.3. The minimum absolute atomic E-state index is 0.0807. The molecule has 0 spiro atoms. The number of hydrogen-bond acceptors (Lipinski definition) is 4. The zero-order valence-corrected chi connectivity index (χ0v) is 13.9. The molecule has 1 fully saturated rings. The molecule has 0 radical (unpaired) electrons. The third-order valence-electron chi connectivity index (χ3n) is 3.89. The molecule has 2 aromatic rings. The molecule has 0 aromatic heterocycles. The molecule has 0 bridgehead atoms. The van der Waals surface area contributed by atoms with Crippen LogP contribution in [0.5, 0.6) is 0 Å². The zero-order valence-electron chi connectivity index (χ0n) is 13.9. The normalized spacial score (nSPS) is 15.3. The summed E-state index contributed by atoms with van der Waals surface area (Å²) in [6, 6.07) is 11.7. The van der Waals surface area contributed by atoms with E-state index < -0.39 is 23.7 Å². The minimum Gasteiger partial charge on any atom is -0.465 e. The van der Waals surface area contributed by atoms with E-state index in [0.29, 0.717) is 11.1 Å². The molecule has 3 amide bonds. The van der Waals surface area contributed by atoms with Gasteiger partial charge in [-0.1, -0.05) is 30.3 Å². The Labute approximate surface area is 148 Å². The zero-order chi connectivity index (χ0) is 18.7. The molecular weight excluding hydrogens is 339 g/mol. The summed E-state index contributed by atoms with van der Waals surface area (Å²) in [5.41, 5.74) is 1.32. The van der Waals surface area contributed by atoms with Gasteiger partial charge in [-0.05, 0) is 29.8 Å². The number of urea groups is 1. The van der Waals surface area contributed by atoms with E-state index in [1.807, 2.05) is 0 Å². The maximum atomic E-state index is 13.8. The van der Waals surface area contributed by atoms with Crippen LogP contribution < -0.4 is 5.32 Å². The van der Waals surface area contributed by atoms with Gasteiger partial charge in [0.05, 0.1) is 19.2 Å². The number of nitrogens with zero attached hydrogens (tertiary/aromatic N) is 1. The lowest BCUT2D eigenvalue weighted by molar-refractivity contribution is -0.123. The van der Waals surface area contributed by atoms with Crippen molar-refractivity contribution in [1.29, 1.82) is 0 Å². The highest BCUT2D eigenvalue weighted by Crippen LogP contribution is 2.18. The molecule has 0 aliphatic carbocycles. The molecule has 0 saturated carbocycles. The predicted octanol–water partition coefficient (Wildman–Crippen LogP) is 2.71. The van der Waals surface area contributed by atoms with E-state index in [1.54, 1.807) is 30.3 Å². The Kier molecular flexibility index (Phi) is 4.79. The standard InChI is InChI=1S/C19H15FN2O4/c1-26-18(24)13-8-6-12(7-9-13)10-16-17(23)22(19(25)21-16)11-14-4-2-3-5-15(14)20/h2-10H,11H2,1H3,(H,21,25). The van der Waals surface area contributed by atoms with Crippen LogP contribution in [0.15, 0.2) is 54.2 Å². The first-order chi connectivity index (χ1) is 12.5. The van der Waals surface area contributed by atoms with Crippen LogP contribution >= 0.6 is 0 Å². The van der Waals surface area contributed by atoms with Gasteiger partial charge in [-0.15, -0.1) is 0 Å². The highest BCUT2D eigenvalue weighted by atomic mass is 19.1. The van der Waals surface area contributed by atoms with Gasteiger partial charge >= 0.3 is 12.0 Å². The average molecular weight is 354 g/mol. The summed E-state index contributed by atoms with van der Waals surface area (Å²) in [5, 5.41) is 2.47. The van der Waals surface area contributed by atoms with Gasteiger partial charge < -0.3 is 10.1 Å². The number of hydrogen-bond donors (Lipinski definition) is 1. The molecular formula is C19H15FN2O4. The number of imide groups is 1. The van der Waals surface area contributed by atoms with Crippen LogP contribution in [0, 0.1) is 5.82 Å². The van der Waals surface area contributed by atoms with E-state index in [0.717, 1.165) is 4.90 Å². The van der Waals surface area contributed by atoms with Crippen LogP contribution in [-0.2, 0) is 16.1 Å². The van der Waals surface area contributed by atoms with Crippen LogP contribution in [0.2, 0.25) is 0 Å². The Balaban J connectivity index is 1.79. The van der Waals surface area contributed by atoms with E-state index in [4.69, 9.17) is 0 Å². The van der Waals surface area contributed by atoms with Crippen molar-refractivity contribution in [3.63, 3.8) is 0 Å². The van der Waals surface area contributed by atoms with Gasteiger partial charge in [0.15, 0.2) is 0 Å². The highest BCUT2D eigenvalue weighted by Gasteiger charge is 2.33. The molecule has 6 nitrogen and oxygen atoms in total. The number of nitrogens with one attached hydrogen (secondary N) is 1. The summed E-state index contributed by atoms with van der Waals surface area (Å²) in [6.07, 6.45) is 1.49. The van der Waals surface area contributed by atoms with Crippen molar-refractivity contribution in [1.82, 2.24) is 10.2 Å². The van der Waals surface area contributed by atoms with Gasteiger partial charge in [-0.3, -0.25) is 9.69 Å². The Morgan fingerprint density at radius 1 is 1.15 bits per heavy atom. The lowest BCUT2D eigenvalue weighted by Gasteiger charge is -2.12. The SMILES string of the molecule is COC(=O)c1ccc(C=C2NC(=O)N(Cc3ccccc3F)C2=O)cc1. The van der Waals surface area contributed by atoms with Crippen molar-refractivity contribution in [2.75, 3.05) is 7.11 Å². The van der Waals surface area contributed by atoms with E-state index in [-0.39, 0.29) is 17.8 Å². The lowest BCUT2D eigenvalue weighted by Crippen LogP contribution is -2.30. The second-order valence-electron chi connectivity index (χ2n) is 5.58. The van der Waals surface area contributed by atoms with Gasteiger partial charge in [0.2, 0.25) is 0 Å². The average Bonchev–Trinajstić information content (AvgIpc) is 2.91. The number of ether oxygens (including phenoxy) is 1. The Bertz CT molecular complexity index is 906. The number of benzene rings is 2. The first-order valence-corrected chi connectivity index (χ1v) is 7.76. The minimum atomic E-state index is -0.615. The molecule has 1 aliphatic rings. The van der Waals surface area contributed by atoms with Crippen molar-refractivity contribution < 1.29 is 23.5 Å². The van der Waals surface area contributed by atoms with E-state index in [2.05, 4.69) is 10.1 Å². The molecule has 26 heavy (non-hydrogen) atoms. The number of carbonyl (C=O) groups is 3. The topological polar surface area (TPSA) is 75.7 Å². The second-order valence-corrected chi connectivity index (χ2v) is 5.58. The summed E-state index contributed by atoms with van der Waals surface area (Å²) in [7, 11) is 1.29. The fourth-order valence-electron chi connectivity index (χ4n) is 2.51. The van der Waals surface area contributed by atoms with Gasteiger partial charge in [0.1, 0.15) is 11.5 Å². The van der Waals surface area contributed by atoms with Gasteiger partial charge in [0.25, 0.3) is 5.91 Å². The monoisotopic (exact) mass is 354 g/mol. The first-order valence-electron chi connectivity index (χ1n) is 7.76. The molecule has 1 aliphatic heterocycles. The summed E-state index contributed by atoms with van der Waals surface area (Å²) in [4.78, 5) is 36.8. The third kappa shape index (κ3) is 3.46. The maximum Gasteiger partial charge on any atom is 0.337 e. The molecule has 1 heterocycles. The Morgan fingerprint density at radius 3 is 2.50 bits per heavy atom. The van der Waals surface area contributed by atoms with Crippen molar-refractivity contribution >= 4 is 24.0 Å². The van der Waals surface area contributed by atoms with E-state index in [1.165, 1.54) is 31.4 Å². The second kappa shape index (κ2) is 7.18. The van der Waals surface area contributed by atoms with Gasteiger partial charge in [0, 0.05) is 5.56 Å². The Morgan fingerprint density at radius 2 is 1.85 bits per heavy atom. The molecule has 7 heteroatoms. The fraction of sp³-hybridized carbons (Fsp3) is 0.105. The maximum absolute atomic E-state index is 13.8. The van der Waals surface area contributed by atoms with Crippen molar-refractivity contribution in [2.24, 2.45) is 0 Å². The fourth-order valence-corrected chi connectivity index (χ4v) is 2.51. The lowest BCUT2D eigenvalue weighted by atomic mass is 10.1. The van der Waals surface area contributed by atoms with Gasteiger partial charge in [-0.25, -0.2) is 14.0 Å². The molecule has 1 N–H and O–H groups in total. The summed E-state index contributed by atoms with van der Waals surface area (Å²) in [5.74, 6) is -1.50. The smallest absolute Gasteiger partial charge is 0.337 e. The van der Waals surface area contributed by atoms with E-state index in [9.17, 15) is 18.8 Å². The molecule has 132 valence electrons. The summed E-state index contributed by atoms with van der Waals surface area (Å²) < 4.78 is 18.4. The van der Waals surface area contributed by atoms with Crippen molar-refractivity contribution in [3.05, 3.63) is 76.7 Å². The van der Waals surface area contributed by atoms with Crippen LogP contribution in [0.1, 0.15) is 21.5 Å². The van der Waals surface area contributed by atoms with Crippen LogP contribution in [0.25, 0.3) is 6.08 Å². The molecule has 3 rings (SSSR count). The molecule has 0 unspecified atom stereocenters. The quantitative estimate of drug-likeness (QED) is 0.520. The molecule has 2 aromatic carbocycles. The summed E-state index contributed by atoms with van der Waals surface area (Å²) in [6.45, 7) is -0.157. The predicted molar refractivity (Wildman–Crippen MR) is 91.2 cm³/mol. The van der Waals surface area contributed by atoms with Crippen LogP contribution in [0.4, 0.5) is 9.18 Å². The van der Waals surface area contributed by atoms with Crippen LogP contribution in [-0.4, -0.2) is 29.9 Å². The molecule has 0 atom stereocenters. The number of methoxy groups -OCH3 is 1. The number of amides is 3. The number of carbonyl (C=O) groups excluding carboxylic acids is 3. The largest absolute Gasteiger partial charge is 0.465 e. The molecule has 1 saturated heterocycles.